The number of carbonyl (C=O) groups is 1. The predicted octanol–water partition coefficient (Wildman–Crippen LogP) is 3.45. The van der Waals surface area contributed by atoms with E-state index in [-0.39, 0.29) is 31.8 Å². The lowest BCUT2D eigenvalue weighted by Gasteiger charge is -2.31. The summed E-state index contributed by atoms with van der Waals surface area (Å²) in [5, 5.41) is 1.87. The Hall–Kier alpha value is -3.33. The smallest absolute Gasteiger partial charge is 0.253 e. The van der Waals surface area contributed by atoms with E-state index in [1.807, 2.05) is 30.3 Å². The molecule has 2 aromatic carbocycles. The fraction of sp³-hybridized carbons (Fsp3) is 0.286. The molecule has 1 saturated heterocycles. The van der Waals surface area contributed by atoms with Crippen LogP contribution >= 0.6 is 0 Å². The highest BCUT2D eigenvalue weighted by Crippen LogP contribution is 2.33. The summed E-state index contributed by atoms with van der Waals surface area (Å²) < 4.78 is 26.8. The van der Waals surface area contributed by atoms with E-state index in [2.05, 4.69) is 20.9 Å². The molecule has 2 N–H and O–H groups in total. The van der Waals surface area contributed by atoms with Crippen molar-refractivity contribution in [3.8, 4) is 11.3 Å². The lowest BCUT2D eigenvalue weighted by atomic mass is 10.1. The summed E-state index contributed by atoms with van der Waals surface area (Å²) in [7, 11) is 1.91. The first kappa shape index (κ1) is 18.7. The monoisotopic (exact) mass is 410 g/mol. The summed E-state index contributed by atoms with van der Waals surface area (Å²) in [5.74, 6) is -2.94. The maximum Gasteiger partial charge on any atom is 0.253 e. The molecule has 3 heterocycles. The SMILES string of the molecule is CN1NNc2cc(-c3cnc4ccc(C(=O)N5CCC(F)(F)CC5)cc4n3)ccc21. The van der Waals surface area contributed by atoms with E-state index in [4.69, 9.17) is 0 Å². The zero-order chi connectivity index (χ0) is 20.9. The third kappa shape index (κ3) is 3.30. The lowest BCUT2D eigenvalue weighted by Crippen LogP contribution is -2.42. The number of anilines is 2. The number of hydrogen-bond donors (Lipinski definition) is 2. The van der Waals surface area contributed by atoms with Crippen LogP contribution in [-0.4, -0.2) is 46.8 Å². The molecule has 0 spiro atoms. The Morgan fingerprint density at radius 1 is 1.10 bits per heavy atom. The topological polar surface area (TPSA) is 73.4 Å². The molecule has 1 amide bonds. The number of benzene rings is 2. The maximum absolute atomic E-state index is 13.4. The van der Waals surface area contributed by atoms with Gasteiger partial charge in [0.15, 0.2) is 0 Å². The standard InChI is InChI=1S/C21H20F2N6O/c1-28-19-5-3-13(10-17(19)26-27-28)18-12-24-15-4-2-14(11-16(15)25-18)20(30)29-8-6-21(22,23)7-9-29/h2-5,10-12,26-27H,6-9H2,1H3. The maximum atomic E-state index is 13.4. The van der Waals surface area contributed by atoms with Crippen molar-refractivity contribution in [1.82, 2.24) is 20.4 Å². The molecule has 30 heavy (non-hydrogen) atoms. The van der Waals surface area contributed by atoms with Crippen molar-refractivity contribution in [3.05, 3.63) is 48.2 Å². The van der Waals surface area contributed by atoms with Gasteiger partial charge in [0.2, 0.25) is 0 Å². The molecule has 1 fully saturated rings. The van der Waals surface area contributed by atoms with Crippen molar-refractivity contribution < 1.29 is 13.6 Å². The number of aromatic nitrogens is 2. The lowest BCUT2D eigenvalue weighted by molar-refractivity contribution is -0.0494. The average Bonchev–Trinajstić information content (AvgIpc) is 3.12. The quantitative estimate of drug-likeness (QED) is 0.674. The molecule has 0 bridgehead atoms. The molecule has 0 aliphatic carbocycles. The Morgan fingerprint density at radius 3 is 2.70 bits per heavy atom. The summed E-state index contributed by atoms with van der Waals surface area (Å²) >= 11 is 0. The molecule has 2 aliphatic rings. The Balaban J connectivity index is 1.44. The molecule has 9 heteroatoms. The van der Waals surface area contributed by atoms with Gasteiger partial charge in [0.05, 0.1) is 34.3 Å². The van der Waals surface area contributed by atoms with E-state index >= 15 is 0 Å². The van der Waals surface area contributed by atoms with Gasteiger partial charge in [0, 0.05) is 44.1 Å². The van der Waals surface area contributed by atoms with Gasteiger partial charge in [-0.3, -0.25) is 14.8 Å². The zero-order valence-electron chi connectivity index (χ0n) is 16.3. The van der Waals surface area contributed by atoms with Crippen LogP contribution in [0, 0.1) is 0 Å². The predicted molar refractivity (Wildman–Crippen MR) is 110 cm³/mol. The minimum absolute atomic E-state index is 0.0558. The minimum Gasteiger partial charge on any atom is -0.338 e. The number of alkyl halides is 2. The summed E-state index contributed by atoms with van der Waals surface area (Å²) in [5.41, 5.74) is 11.3. The molecule has 0 atom stereocenters. The highest BCUT2D eigenvalue weighted by Gasteiger charge is 2.35. The Kier molecular flexibility index (Phi) is 4.28. The van der Waals surface area contributed by atoms with Gasteiger partial charge in [-0.25, -0.2) is 13.8 Å². The van der Waals surface area contributed by atoms with E-state index in [0.717, 1.165) is 16.9 Å². The van der Waals surface area contributed by atoms with Crippen LogP contribution in [-0.2, 0) is 0 Å². The summed E-state index contributed by atoms with van der Waals surface area (Å²) in [6.07, 6.45) is 1.10. The summed E-state index contributed by atoms with van der Waals surface area (Å²) in [6.45, 7) is 0.112. The number of piperidine rings is 1. The highest BCUT2D eigenvalue weighted by molar-refractivity contribution is 5.97. The van der Waals surface area contributed by atoms with Crippen LogP contribution < -0.4 is 16.0 Å². The number of hydrazine groups is 2. The van der Waals surface area contributed by atoms with E-state index < -0.39 is 5.92 Å². The van der Waals surface area contributed by atoms with Crippen LogP contribution in [0.25, 0.3) is 22.3 Å². The second kappa shape index (κ2) is 6.88. The minimum atomic E-state index is -2.68. The number of halogens is 2. The molecule has 2 aliphatic heterocycles. The fourth-order valence-electron chi connectivity index (χ4n) is 3.80. The second-order valence-corrected chi connectivity index (χ2v) is 7.63. The van der Waals surface area contributed by atoms with Gasteiger partial charge in [-0.15, -0.1) is 5.53 Å². The number of likely N-dealkylation sites (tertiary alicyclic amines) is 1. The normalized spacial score (nSPS) is 17.7. The number of hydrogen-bond acceptors (Lipinski definition) is 6. The molecule has 0 radical (unpaired) electrons. The zero-order valence-corrected chi connectivity index (χ0v) is 16.3. The van der Waals surface area contributed by atoms with Gasteiger partial charge >= 0.3 is 0 Å². The van der Waals surface area contributed by atoms with Gasteiger partial charge < -0.3 is 10.3 Å². The molecular formula is C21H20F2N6O. The largest absolute Gasteiger partial charge is 0.338 e. The van der Waals surface area contributed by atoms with E-state index in [1.54, 1.807) is 24.4 Å². The molecule has 154 valence electrons. The molecule has 7 nitrogen and oxygen atoms in total. The fourth-order valence-corrected chi connectivity index (χ4v) is 3.80. The van der Waals surface area contributed by atoms with Crippen molar-refractivity contribution in [1.29, 1.82) is 0 Å². The Bertz CT molecular complexity index is 1140. The molecule has 3 aromatic rings. The van der Waals surface area contributed by atoms with Crippen molar-refractivity contribution in [2.45, 2.75) is 18.8 Å². The van der Waals surface area contributed by atoms with Gasteiger partial charge in [-0.05, 0) is 30.3 Å². The van der Waals surface area contributed by atoms with Gasteiger partial charge in [-0.2, -0.15) is 0 Å². The molecule has 1 aromatic heterocycles. The third-order valence-electron chi connectivity index (χ3n) is 5.58. The van der Waals surface area contributed by atoms with E-state index in [1.165, 1.54) is 4.90 Å². The summed E-state index contributed by atoms with van der Waals surface area (Å²) in [4.78, 5) is 23.4. The van der Waals surface area contributed by atoms with Crippen molar-refractivity contribution >= 4 is 28.3 Å². The van der Waals surface area contributed by atoms with Crippen LogP contribution in [0.1, 0.15) is 23.2 Å². The van der Waals surface area contributed by atoms with Gasteiger partial charge in [-0.1, -0.05) is 6.07 Å². The second-order valence-electron chi connectivity index (χ2n) is 7.63. The number of rotatable bonds is 2. The van der Waals surface area contributed by atoms with Crippen molar-refractivity contribution in [2.75, 3.05) is 30.6 Å². The van der Waals surface area contributed by atoms with Crippen LogP contribution in [0.4, 0.5) is 20.2 Å². The molecule has 0 saturated carbocycles. The highest BCUT2D eigenvalue weighted by atomic mass is 19.3. The Labute approximate surface area is 171 Å². The van der Waals surface area contributed by atoms with Crippen LogP contribution in [0.5, 0.6) is 0 Å². The van der Waals surface area contributed by atoms with E-state index in [0.29, 0.717) is 22.3 Å². The number of nitrogens with one attached hydrogen (secondary N) is 2. The summed E-state index contributed by atoms with van der Waals surface area (Å²) in [6, 6.07) is 11.0. The first-order valence-corrected chi connectivity index (χ1v) is 9.73. The van der Waals surface area contributed by atoms with Crippen LogP contribution in [0.2, 0.25) is 0 Å². The molecule has 5 rings (SSSR count). The first-order valence-electron chi connectivity index (χ1n) is 9.73. The first-order chi connectivity index (χ1) is 14.4. The third-order valence-corrected chi connectivity index (χ3v) is 5.58. The number of nitrogens with zero attached hydrogens (tertiary/aromatic N) is 4. The van der Waals surface area contributed by atoms with E-state index in [9.17, 15) is 13.6 Å². The number of carbonyl (C=O) groups excluding carboxylic acids is 1. The molecule has 0 unspecified atom stereocenters. The van der Waals surface area contributed by atoms with Gasteiger partial charge in [0.25, 0.3) is 11.8 Å². The number of amides is 1. The average molecular weight is 410 g/mol. The van der Waals surface area contributed by atoms with Crippen LogP contribution in [0.3, 0.4) is 0 Å². The Morgan fingerprint density at radius 2 is 1.90 bits per heavy atom. The van der Waals surface area contributed by atoms with Gasteiger partial charge in [0.1, 0.15) is 0 Å². The molecular weight excluding hydrogens is 390 g/mol. The van der Waals surface area contributed by atoms with Crippen molar-refractivity contribution in [2.24, 2.45) is 0 Å². The number of fused-ring (bicyclic) bond motifs is 2. The van der Waals surface area contributed by atoms with Crippen LogP contribution in [0.15, 0.2) is 42.6 Å². The van der Waals surface area contributed by atoms with Crippen molar-refractivity contribution in [3.63, 3.8) is 0 Å².